The van der Waals surface area contributed by atoms with E-state index < -0.39 is 16.3 Å². The van der Waals surface area contributed by atoms with Crippen LogP contribution in [-0.4, -0.2) is 0 Å². The van der Waals surface area contributed by atoms with Gasteiger partial charge in [0.25, 0.3) is 0 Å². The highest BCUT2D eigenvalue weighted by molar-refractivity contribution is 7.69. The molecule has 0 saturated carbocycles. The van der Waals surface area contributed by atoms with Crippen molar-refractivity contribution in [3.8, 4) is 56.0 Å². The molecule has 10 aromatic carbocycles. The summed E-state index contributed by atoms with van der Waals surface area (Å²) in [4.78, 5) is 0. The summed E-state index contributed by atoms with van der Waals surface area (Å²) in [7, 11) is -2.63. The fourth-order valence-corrected chi connectivity index (χ4v) is 16.1. The molecule has 11 aromatic rings. The highest BCUT2D eigenvalue weighted by atomic mass is 31.1. The average Bonchev–Trinajstić information content (AvgIpc) is 4.18. The monoisotopic (exact) mass is 1010 g/mol. The molecule has 2 aliphatic rings. The first-order valence-corrected chi connectivity index (χ1v) is 29.2. The van der Waals surface area contributed by atoms with Crippen molar-refractivity contribution in [2.45, 2.75) is 64.2 Å². The first-order chi connectivity index (χ1) is 36.9. The Bertz CT molecular complexity index is 3560. The fourth-order valence-electron chi connectivity index (χ4n) is 12.6. The van der Waals surface area contributed by atoms with Gasteiger partial charge < -0.3 is 13.5 Å². The van der Waals surface area contributed by atoms with Crippen molar-refractivity contribution >= 4 is 59.5 Å². The average molecular weight is 1010 g/mol. The molecule has 0 saturated heterocycles. The molecular weight excluding hydrogens is 951 g/mol. The van der Waals surface area contributed by atoms with Crippen LogP contribution in [0.25, 0.3) is 66.4 Å². The molecule has 1 heterocycles. The molecule has 366 valence electrons. The maximum absolute atomic E-state index is 7.56. The van der Waals surface area contributed by atoms with Crippen LogP contribution in [0.3, 0.4) is 0 Å². The molecule has 3 nitrogen and oxygen atoms in total. The Morgan fingerprint density at radius 2 is 0.640 bits per heavy atom. The Morgan fingerprint density at radius 1 is 0.320 bits per heavy atom. The van der Waals surface area contributed by atoms with Crippen molar-refractivity contribution in [3.05, 3.63) is 253 Å². The van der Waals surface area contributed by atoms with Crippen LogP contribution in [0.15, 0.2) is 235 Å². The third-order valence-electron chi connectivity index (χ3n) is 16.6. The molecule has 13 rings (SSSR count). The first kappa shape index (κ1) is 47.2. The van der Waals surface area contributed by atoms with Gasteiger partial charge in [0.2, 0.25) is 0 Å². The van der Waals surface area contributed by atoms with Crippen molar-refractivity contribution in [2.75, 3.05) is 0 Å². The quantitative estimate of drug-likeness (QED) is 0.102. The van der Waals surface area contributed by atoms with Gasteiger partial charge in [0.05, 0.1) is 0 Å². The maximum atomic E-state index is 7.56. The number of hydrogen-bond donors (Lipinski definition) is 0. The molecule has 0 amide bonds. The lowest BCUT2D eigenvalue weighted by Crippen LogP contribution is -2.23. The molecule has 75 heavy (non-hydrogen) atoms. The number of fused-ring (bicyclic) bond motifs is 9. The molecule has 0 spiro atoms. The molecule has 5 heteroatoms. The van der Waals surface area contributed by atoms with Crippen molar-refractivity contribution in [2.24, 2.45) is 0 Å². The van der Waals surface area contributed by atoms with Gasteiger partial charge in [-0.2, -0.15) is 0 Å². The third-order valence-corrected chi connectivity index (χ3v) is 20.4. The topological polar surface area (TPSA) is 31.6 Å². The van der Waals surface area contributed by atoms with Gasteiger partial charge in [-0.3, -0.25) is 0 Å². The van der Waals surface area contributed by atoms with E-state index in [0.717, 1.165) is 79.9 Å². The van der Waals surface area contributed by atoms with Crippen LogP contribution < -0.4 is 30.3 Å². The Hall–Kier alpha value is -7.54. The van der Waals surface area contributed by atoms with Gasteiger partial charge in [0.15, 0.2) is 39.0 Å². The van der Waals surface area contributed by atoms with E-state index in [1.165, 1.54) is 44.5 Å². The summed E-state index contributed by atoms with van der Waals surface area (Å²) in [5.41, 5.74) is 16.7. The zero-order chi connectivity index (χ0) is 50.7. The van der Waals surface area contributed by atoms with Gasteiger partial charge in [-0.15, -0.1) is 0 Å². The molecular formula is C70H58O3P2. The predicted molar refractivity (Wildman–Crippen MR) is 318 cm³/mol. The standard InChI is InChI=1S/C70H58O3P2/c1-5-69(6-2)61-35-23-21-33-55(61)57-39-37-47(43-63(57)69)49-41-59-60-42-50(48-38-40-58-56-34-22-24-36-62(56)70(7-3,8-4)64(58)44-48)46-66(73-75(53-29-17-11-18-30-53)54-31-19-12-20-32-54)68(60)71-67(59)65(45-49)72-74(51-25-13-9-14-26-51)52-27-15-10-16-28-52/h9-46H,5-8H2,1-4H3. The van der Waals surface area contributed by atoms with Crippen LogP contribution in [0.2, 0.25) is 0 Å². The zero-order valence-electron chi connectivity index (χ0n) is 42.9. The van der Waals surface area contributed by atoms with E-state index in [4.69, 9.17) is 13.5 Å². The molecule has 0 N–H and O–H groups in total. The summed E-state index contributed by atoms with van der Waals surface area (Å²) in [5, 5.41) is 6.45. The third kappa shape index (κ3) is 7.78. The van der Waals surface area contributed by atoms with Crippen LogP contribution in [0.4, 0.5) is 0 Å². The summed E-state index contributed by atoms with van der Waals surface area (Å²) < 4.78 is 22.5. The van der Waals surface area contributed by atoms with Gasteiger partial charge in [0.1, 0.15) is 0 Å². The van der Waals surface area contributed by atoms with Crippen molar-refractivity contribution in [1.29, 1.82) is 0 Å². The zero-order valence-corrected chi connectivity index (χ0v) is 44.7. The second-order valence-corrected chi connectivity index (χ2v) is 23.7. The first-order valence-electron chi connectivity index (χ1n) is 26.7. The van der Waals surface area contributed by atoms with Crippen molar-refractivity contribution in [1.82, 2.24) is 0 Å². The second-order valence-electron chi connectivity index (χ2n) is 20.1. The van der Waals surface area contributed by atoms with E-state index in [1.54, 1.807) is 0 Å². The molecule has 0 atom stereocenters. The second kappa shape index (κ2) is 19.3. The summed E-state index contributed by atoms with van der Waals surface area (Å²) in [6, 6.07) is 84.0. The largest absolute Gasteiger partial charge is 0.461 e. The van der Waals surface area contributed by atoms with Crippen LogP contribution >= 0.6 is 16.3 Å². The van der Waals surface area contributed by atoms with E-state index in [1.807, 2.05) is 0 Å². The summed E-state index contributed by atoms with van der Waals surface area (Å²) >= 11 is 0. The van der Waals surface area contributed by atoms with Crippen LogP contribution in [0.1, 0.15) is 75.6 Å². The van der Waals surface area contributed by atoms with Gasteiger partial charge in [-0.25, -0.2) is 0 Å². The van der Waals surface area contributed by atoms with E-state index in [-0.39, 0.29) is 10.8 Å². The smallest absolute Gasteiger partial charge is 0.177 e. The molecule has 0 radical (unpaired) electrons. The van der Waals surface area contributed by atoms with Crippen molar-refractivity contribution < 1.29 is 13.5 Å². The minimum atomic E-state index is -1.32. The maximum Gasteiger partial charge on any atom is 0.177 e. The Morgan fingerprint density at radius 3 is 0.987 bits per heavy atom. The molecule has 0 fully saturated rings. The fraction of sp³-hybridized carbons (Fsp3) is 0.143. The van der Waals surface area contributed by atoms with Gasteiger partial charge >= 0.3 is 0 Å². The normalized spacial score (nSPS) is 13.7. The molecule has 2 aliphatic carbocycles. The van der Waals surface area contributed by atoms with Crippen LogP contribution in [-0.2, 0) is 10.8 Å². The number of hydrogen-bond acceptors (Lipinski definition) is 3. The molecule has 0 unspecified atom stereocenters. The van der Waals surface area contributed by atoms with Gasteiger partial charge in [-0.1, -0.05) is 222 Å². The highest BCUT2D eigenvalue weighted by Crippen LogP contribution is 2.56. The summed E-state index contributed by atoms with van der Waals surface area (Å²) in [6.45, 7) is 9.37. The van der Waals surface area contributed by atoms with Gasteiger partial charge in [0, 0.05) is 42.8 Å². The SMILES string of the molecule is CCC1(CC)c2ccccc2-c2ccc(-c3cc(OP(c4ccccc4)c4ccccc4)c4oc5c(OP(c6ccccc6)c6ccccc6)cc(-c6ccc7c(c6)C(CC)(CC)c6ccccc6-7)cc5c4c3)cc21. The Kier molecular flexibility index (Phi) is 12.1. The lowest BCUT2D eigenvalue weighted by molar-refractivity contribution is 0.490. The number of benzene rings is 10. The summed E-state index contributed by atoms with van der Waals surface area (Å²) in [5.74, 6) is 1.40. The molecule has 0 bridgehead atoms. The highest BCUT2D eigenvalue weighted by Gasteiger charge is 2.42. The van der Waals surface area contributed by atoms with E-state index in [2.05, 4.69) is 258 Å². The van der Waals surface area contributed by atoms with E-state index in [9.17, 15) is 0 Å². The van der Waals surface area contributed by atoms with Crippen LogP contribution in [0, 0.1) is 0 Å². The Labute approximate surface area is 443 Å². The molecule has 1 aromatic heterocycles. The van der Waals surface area contributed by atoms with Crippen molar-refractivity contribution in [3.63, 3.8) is 0 Å². The minimum Gasteiger partial charge on any atom is -0.461 e. The predicted octanol–water partition coefficient (Wildman–Crippen LogP) is 17.9. The Balaban J connectivity index is 1.07. The summed E-state index contributed by atoms with van der Waals surface area (Å²) in [6.07, 6.45) is 4.06. The molecule has 0 aliphatic heterocycles. The van der Waals surface area contributed by atoms with Crippen LogP contribution in [0.5, 0.6) is 11.5 Å². The number of rotatable bonds is 14. The van der Waals surface area contributed by atoms with E-state index >= 15 is 0 Å². The van der Waals surface area contributed by atoms with E-state index in [0.29, 0.717) is 22.7 Å². The van der Waals surface area contributed by atoms with Gasteiger partial charge in [-0.05, 0) is 129 Å². The lowest BCUT2D eigenvalue weighted by Gasteiger charge is -2.30. The lowest BCUT2D eigenvalue weighted by atomic mass is 9.73. The minimum absolute atomic E-state index is 0.0793. The number of furan rings is 1.